The second-order valence-corrected chi connectivity index (χ2v) is 6.78. The van der Waals surface area contributed by atoms with Crippen LogP contribution in [0.5, 0.6) is 0 Å². The second kappa shape index (κ2) is 7.75. The summed E-state index contributed by atoms with van der Waals surface area (Å²) in [5.74, 6) is -0.209. The Labute approximate surface area is 157 Å². The zero-order valence-electron chi connectivity index (χ0n) is 15.0. The minimum atomic E-state index is -0.209. The average Bonchev–Trinajstić information content (AvgIpc) is 3.14. The number of rotatable bonds is 4. The topological polar surface area (TPSA) is 52.9 Å². The van der Waals surface area contributed by atoms with Gasteiger partial charge in [0.15, 0.2) is 0 Å². The maximum Gasteiger partial charge on any atom is 0.317 e. The van der Waals surface area contributed by atoms with Gasteiger partial charge in [0.2, 0.25) is 0 Å². The number of carbonyl (C=O) groups is 1. The van der Waals surface area contributed by atoms with Crippen LogP contribution in [0.4, 0.5) is 9.18 Å². The molecule has 0 saturated carbocycles. The molecule has 4 rings (SSSR count). The number of imidazole rings is 1. The molecule has 3 heterocycles. The number of aromatic nitrogens is 2. The summed E-state index contributed by atoms with van der Waals surface area (Å²) in [4.78, 5) is 20.7. The minimum absolute atomic E-state index is 0.0522. The maximum absolute atomic E-state index is 13.3. The summed E-state index contributed by atoms with van der Waals surface area (Å²) < 4.78 is 15.2. The van der Waals surface area contributed by atoms with Crippen LogP contribution in [0.1, 0.15) is 11.1 Å². The van der Waals surface area contributed by atoms with Crippen LogP contribution >= 0.6 is 0 Å². The van der Waals surface area contributed by atoms with Gasteiger partial charge in [0.25, 0.3) is 0 Å². The first-order chi connectivity index (χ1) is 13.2. The number of nitrogens with one attached hydrogen (secondary N) is 1. The number of nitrogens with zero attached hydrogens (tertiary/aromatic N) is 4. The third kappa shape index (κ3) is 4.25. The highest BCUT2D eigenvalue weighted by Crippen LogP contribution is 2.11. The fourth-order valence-corrected chi connectivity index (χ4v) is 3.35. The molecular formula is C20H22FN5O. The zero-order valence-corrected chi connectivity index (χ0v) is 15.0. The van der Waals surface area contributed by atoms with Crippen LogP contribution in [0.15, 0.2) is 55.0 Å². The molecule has 0 bridgehead atoms. The summed E-state index contributed by atoms with van der Waals surface area (Å²) >= 11 is 0. The molecule has 140 valence electrons. The first-order valence-corrected chi connectivity index (χ1v) is 9.08. The lowest BCUT2D eigenvalue weighted by molar-refractivity contribution is 0.135. The van der Waals surface area contributed by atoms with E-state index in [0.717, 1.165) is 29.9 Å². The van der Waals surface area contributed by atoms with Crippen molar-refractivity contribution in [2.45, 2.75) is 13.1 Å². The summed E-state index contributed by atoms with van der Waals surface area (Å²) in [6, 6.07) is 10.6. The smallest absolute Gasteiger partial charge is 0.317 e. The van der Waals surface area contributed by atoms with Crippen LogP contribution in [0.2, 0.25) is 0 Å². The molecule has 1 saturated heterocycles. The van der Waals surface area contributed by atoms with Gasteiger partial charge in [-0.2, -0.15) is 0 Å². The third-order valence-electron chi connectivity index (χ3n) is 4.86. The fraction of sp³-hybridized carbons (Fsp3) is 0.300. The molecule has 1 aliphatic heterocycles. The number of pyridine rings is 1. The van der Waals surface area contributed by atoms with Gasteiger partial charge in [-0.25, -0.2) is 14.2 Å². The van der Waals surface area contributed by atoms with E-state index in [4.69, 9.17) is 0 Å². The normalized spacial score (nSPS) is 15.2. The SMILES string of the molecule is O=C(NCc1ccn2ccnc2c1)N1CCN(Cc2cccc(F)c2)CC1. The molecule has 0 unspecified atom stereocenters. The van der Waals surface area contributed by atoms with Crippen molar-refractivity contribution in [3.05, 3.63) is 71.9 Å². The monoisotopic (exact) mass is 367 g/mol. The van der Waals surface area contributed by atoms with E-state index >= 15 is 0 Å². The van der Waals surface area contributed by atoms with E-state index in [2.05, 4.69) is 15.2 Å². The predicted octanol–water partition coefficient (Wildman–Crippen LogP) is 2.50. The van der Waals surface area contributed by atoms with Crippen molar-refractivity contribution in [1.82, 2.24) is 24.5 Å². The van der Waals surface area contributed by atoms with E-state index in [1.54, 1.807) is 18.3 Å². The Morgan fingerprint density at radius 3 is 2.74 bits per heavy atom. The van der Waals surface area contributed by atoms with Gasteiger partial charge in [-0.15, -0.1) is 0 Å². The Bertz CT molecular complexity index is 933. The Morgan fingerprint density at radius 2 is 1.93 bits per heavy atom. The standard InChI is InChI=1S/C20H22FN5O/c21-18-3-1-2-17(12-18)15-24-8-10-26(11-9-24)20(27)23-14-16-4-6-25-7-5-22-19(25)13-16/h1-7,12-13H,8-11,14-15H2,(H,23,27). The number of carbonyl (C=O) groups excluding carboxylic acids is 1. The third-order valence-corrected chi connectivity index (χ3v) is 4.86. The van der Waals surface area contributed by atoms with Crippen molar-refractivity contribution in [2.24, 2.45) is 0 Å². The molecule has 2 amide bonds. The molecule has 1 aliphatic rings. The molecule has 1 N–H and O–H groups in total. The lowest BCUT2D eigenvalue weighted by Gasteiger charge is -2.34. The number of benzene rings is 1. The molecule has 27 heavy (non-hydrogen) atoms. The zero-order chi connectivity index (χ0) is 18.6. The van der Waals surface area contributed by atoms with Gasteiger partial charge >= 0.3 is 6.03 Å². The van der Waals surface area contributed by atoms with Crippen LogP contribution in [0, 0.1) is 5.82 Å². The number of piperazine rings is 1. The van der Waals surface area contributed by atoms with Gasteiger partial charge in [0, 0.05) is 57.9 Å². The highest BCUT2D eigenvalue weighted by Gasteiger charge is 2.21. The Balaban J connectivity index is 1.25. The van der Waals surface area contributed by atoms with E-state index in [1.807, 2.05) is 39.9 Å². The quantitative estimate of drug-likeness (QED) is 0.771. The van der Waals surface area contributed by atoms with Crippen LogP contribution in [0.25, 0.3) is 5.65 Å². The molecule has 6 nitrogen and oxygen atoms in total. The molecule has 0 radical (unpaired) electrons. The van der Waals surface area contributed by atoms with Gasteiger partial charge in [0.1, 0.15) is 11.5 Å². The molecule has 7 heteroatoms. The second-order valence-electron chi connectivity index (χ2n) is 6.78. The number of hydrogen-bond acceptors (Lipinski definition) is 3. The number of urea groups is 1. The van der Waals surface area contributed by atoms with E-state index in [-0.39, 0.29) is 11.8 Å². The van der Waals surface area contributed by atoms with Crippen LogP contribution < -0.4 is 5.32 Å². The highest BCUT2D eigenvalue weighted by molar-refractivity contribution is 5.74. The van der Waals surface area contributed by atoms with E-state index in [9.17, 15) is 9.18 Å². The largest absolute Gasteiger partial charge is 0.334 e. The Hall–Kier alpha value is -2.93. The molecule has 2 aromatic heterocycles. The van der Waals surface area contributed by atoms with E-state index < -0.39 is 0 Å². The van der Waals surface area contributed by atoms with Gasteiger partial charge in [-0.05, 0) is 35.4 Å². The maximum atomic E-state index is 13.3. The van der Waals surface area contributed by atoms with Crippen molar-refractivity contribution >= 4 is 11.7 Å². The predicted molar refractivity (Wildman–Crippen MR) is 101 cm³/mol. The summed E-state index contributed by atoms with van der Waals surface area (Å²) in [7, 11) is 0. The Morgan fingerprint density at radius 1 is 1.07 bits per heavy atom. The number of amides is 2. The Kier molecular flexibility index (Phi) is 5.02. The molecule has 1 fully saturated rings. The molecule has 1 aromatic carbocycles. The number of hydrogen-bond donors (Lipinski definition) is 1. The summed E-state index contributed by atoms with van der Waals surface area (Å²) in [6.45, 7) is 4.08. The number of halogens is 1. The summed E-state index contributed by atoms with van der Waals surface area (Å²) in [5.41, 5.74) is 2.85. The van der Waals surface area contributed by atoms with Crippen molar-refractivity contribution in [3.8, 4) is 0 Å². The highest BCUT2D eigenvalue weighted by atomic mass is 19.1. The first-order valence-electron chi connectivity index (χ1n) is 9.08. The summed E-state index contributed by atoms with van der Waals surface area (Å²) in [6.07, 6.45) is 5.58. The van der Waals surface area contributed by atoms with Crippen LogP contribution in [-0.4, -0.2) is 51.4 Å². The summed E-state index contributed by atoms with van der Waals surface area (Å²) in [5, 5.41) is 2.98. The molecule has 0 atom stereocenters. The van der Waals surface area contributed by atoms with Crippen molar-refractivity contribution < 1.29 is 9.18 Å². The van der Waals surface area contributed by atoms with Gasteiger partial charge in [0.05, 0.1) is 0 Å². The molecule has 3 aromatic rings. The minimum Gasteiger partial charge on any atom is -0.334 e. The van der Waals surface area contributed by atoms with Gasteiger partial charge in [-0.1, -0.05) is 12.1 Å². The van der Waals surface area contributed by atoms with Crippen molar-refractivity contribution in [3.63, 3.8) is 0 Å². The molecular weight excluding hydrogens is 345 g/mol. The molecule has 0 spiro atoms. The van der Waals surface area contributed by atoms with E-state index in [1.165, 1.54) is 6.07 Å². The van der Waals surface area contributed by atoms with Crippen molar-refractivity contribution in [1.29, 1.82) is 0 Å². The molecule has 0 aliphatic carbocycles. The lowest BCUT2D eigenvalue weighted by atomic mass is 10.2. The fourth-order valence-electron chi connectivity index (χ4n) is 3.35. The van der Waals surface area contributed by atoms with Crippen LogP contribution in [0.3, 0.4) is 0 Å². The van der Waals surface area contributed by atoms with Gasteiger partial charge in [-0.3, -0.25) is 4.90 Å². The van der Waals surface area contributed by atoms with Crippen molar-refractivity contribution in [2.75, 3.05) is 26.2 Å². The van der Waals surface area contributed by atoms with Crippen LogP contribution in [-0.2, 0) is 13.1 Å². The first kappa shape index (κ1) is 17.5. The number of fused-ring (bicyclic) bond motifs is 1. The van der Waals surface area contributed by atoms with Gasteiger partial charge < -0.3 is 14.6 Å². The van der Waals surface area contributed by atoms with E-state index in [0.29, 0.717) is 26.2 Å². The average molecular weight is 367 g/mol. The lowest BCUT2D eigenvalue weighted by Crippen LogP contribution is -2.51.